The molecule has 2 heterocycles. The van der Waals surface area contributed by atoms with Crippen molar-refractivity contribution in [2.24, 2.45) is 0 Å². The Balaban J connectivity index is 0.000000403. The Labute approximate surface area is 263 Å². The van der Waals surface area contributed by atoms with Gasteiger partial charge in [0.15, 0.2) is 0 Å². The molecule has 1 aliphatic heterocycles. The lowest BCUT2D eigenvalue weighted by Gasteiger charge is -2.36. The van der Waals surface area contributed by atoms with E-state index in [1.54, 1.807) is 0 Å². The summed E-state index contributed by atoms with van der Waals surface area (Å²) in [6, 6.07) is 14.2. The number of ether oxygens (including phenoxy) is 1. The lowest BCUT2D eigenvalue weighted by atomic mass is 9.95. The Morgan fingerprint density at radius 1 is 1.05 bits per heavy atom. The van der Waals surface area contributed by atoms with Crippen LogP contribution in [0.4, 0.5) is 5.69 Å². The van der Waals surface area contributed by atoms with Gasteiger partial charge in [-0.1, -0.05) is 26.0 Å². The average Bonchev–Trinajstić information content (AvgIpc) is 3.01. The molecule has 44 heavy (non-hydrogen) atoms. The fourth-order valence-electron chi connectivity index (χ4n) is 5.37. The highest BCUT2D eigenvalue weighted by molar-refractivity contribution is 5.95. The average molecular weight is 605 g/mol. The molecule has 3 N–H and O–H groups in total. The normalized spacial score (nSPS) is 12.9. The summed E-state index contributed by atoms with van der Waals surface area (Å²) in [7, 11) is 1.83. The van der Waals surface area contributed by atoms with Crippen LogP contribution in [0, 0.1) is 20.8 Å². The molecule has 0 atom stereocenters. The second kappa shape index (κ2) is 18.1. The molecule has 1 fully saturated rings. The van der Waals surface area contributed by atoms with E-state index in [0.717, 1.165) is 78.1 Å². The van der Waals surface area contributed by atoms with Gasteiger partial charge in [-0.05, 0) is 114 Å². The van der Waals surface area contributed by atoms with E-state index in [9.17, 15) is 14.4 Å². The minimum absolute atomic E-state index is 0.0156. The van der Waals surface area contributed by atoms with Gasteiger partial charge in [-0.15, -0.1) is 0 Å². The molecule has 0 spiro atoms. The monoisotopic (exact) mass is 604 g/mol. The number of carbonyl (C=O) groups is 2. The van der Waals surface area contributed by atoms with E-state index in [4.69, 9.17) is 4.74 Å². The van der Waals surface area contributed by atoms with Crippen LogP contribution in [0.2, 0.25) is 0 Å². The molecule has 3 aromatic rings. The Kier molecular flexibility index (Phi) is 15.0. The number of aryl methyl sites for hydroxylation is 2. The summed E-state index contributed by atoms with van der Waals surface area (Å²) < 4.78 is 5.54. The quantitative estimate of drug-likeness (QED) is 0.246. The summed E-state index contributed by atoms with van der Waals surface area (Å²) >= 11 is 0. The maximum atomic E-state index is 12.2. The Morgan fingerprint density at radius 3 is 2.20 bits per heavy atom. The molecule has 1 amide bonds. The number of H-pyrrole nitrogens is 1. The SMILES string of the molecule is CC.CCN(c1cc(-c2ccc(C(=O)NC(C)C)cc2)cc(C=O)c1C)C1CCOCC1.CNCc1c(C)cc(C)[nH]c1=O. The molecule has 0 radical (unpaired) electrons. The molecule has 0 unspecified atom stereocenters. The maximum Gasteiger partial charge on any atom is 0.252 e. The third-order valence-corrected chi connectivity index (χ3v) is 7.58. The first kappa shape index (κ1) is 36.4. The first-order chi connectivity index (χ1) is 21.1. The van der Waals surface area contributed by atoms with E-state index in [2.05, 4.69) is 33.5 Å². The van der Waals surface area contributed by atoms with Crippen molar-refractivity contribution in [2.75, 3.05) is 31.7 Å². The number of aldehydes is 1. The molecule has 2 aromatic carbocycles. The van der Waals surface area contributed by atoms with E-state index in [-0.39, 0.29) is 17.5 Å². The number of rotatable bonds is 9. The number of pyridine rings is 1. The Bertz CT molecular complexity index is 1410. The summed E-state index contributed by atoms with van der Waals surface area (Å²) in [6.45, 7) is 19.0. The second-order valence-corrected chi connectivity index (χ2v) is 11.1. The number of aromatic nitrogens is 1. The topological polar surface area (TPSA) is 104 Å². The minimum atomic E-state index is -0.0774. The van der Waals surface area contributed by atoms with Crippen LogP contribution in [0.15, 0.2) is 47.3 Å². The van der Waals surface area contributed by atoms with Gasteiger partial charge in [-0.2, -0.15) is 0 Å². The van der Waals surface area contributed by atoms with E-state index < -0.39 is 0 Å². The van der Waals surface area contributed by atoms with Crippen molar-refractivity contribution in [3.63, 3.8) is 0 Å². The molecule has 0 bridgehead atoms. The molecule has 1 aromatic heterocycles. The molecule has 8 nitrogen and oxygen atoms in total. The number of amides is 1. The van der Waals surface area contributed by atoms with Crippen molar-refractivity contribution in [3.05, 3.63) is 86.3 Å². The number of nitrogens with one attached hydrogen (secondary N) is 3. The highest BCUT2D eigenvalue weighted by Crippen LogP contribution is 2.33. The van der Waals surface area contributed by atoms with Gasteiger partial charge in [0, 0.05) is 66.5 Å². The van der Waals surface area contributed by atoms with E-state index >= 15 is 0 Å². The molecule has 0 aliphatic carbocycles. The van der Waals surface area contributed by atoms with Crippen LogP contribution in [0.3, 0.4) is 0 Å². The molecule has 0 saturated carbocycles. The highest BCUT2D eigenvalue weighted by Gasteiger charge is 2.23. The number of hydrogen-bond acceptors (Lipinski definition) is 6. The molecule has 1 saturated heterocycles. The van der Waals surface area contributed by atoms with Gasteiger partial charge in [0.2, 0.25) is 0 Å². The molecule has 1 aliphatic rings. The third kappa shape index (κ3) is 9.89. The van der Waals surface area contributed by atoms with Crippen LogP contribution >= 0.6 is 0 Å². The Morgan fingerprint density at radius 2 is 1.68 bits per heavy atom. The lowest BCUT2D eigenvalue weighted by molar-refractivity contribution is 0.0846. The zero-order chi connectivity index (χ0) is 32.8. The lowest BCUT2D eigenvalue weighted by Crippen LogP contribution is -2.40. The minimum Gasteiger partial charge on any atom is -0.381 e. The summed E-state index contributed by atoms with van der Waals surface area (Å²) in [4.78, 5) is 40.6. The van der Waals surface area contributed by atoms with Crippen molar-refractivity contribution in [1.29, 1.82) is 0 Å². The highest BCUT2D eigenvalue weighted by atomic mass is 16.5. The van der Waals surface area contributed by atoms with Crippen LogP contribution < -0.4 is 21.1 Å². The fraction of sp³-hybridized carbons (Fsp3) is 0.472. The Hall–Kier alpha value is -3.75. The van der Waals surface area contributed by atoms with Gasteiger partial charge >= 0.3 is 0 Å². The van der Waals surface area contributed by atoms with Crippen molar-refractivity contribution >= 4 is 17.9 Å². The molecular formula is C36H52N4O4. The zero-order valence-electron chi connectivity index (χ0n) is 28.1. The van der Waals surface area contributed by atoms with Gasteiger partial charge < -0.3 is 25.3 Å². The number of nitrogens with zero attached hydrogens (tertiary/aromatic N) is 1. The van der Waals surface area contributed by atoms with Gasteiger partial charge in [0.05, 0.1) is 0 Å². The van der Waals surface area contributed by atoms with Crippen LogP contribution in [0.25, 0.3) is 11.1 Å². The zero-order valence-corrected chi connectivity index (χ0v) is 28.1. The number of hydrogen-bond donors (Lipinski definition) is 3. The molecule has 240 valence electrons. The summed E-state index contributed by atoms with van der Waals surface area (Å²) in [5.41, 5.74) is 8.22. The summed E-state index contributed by atoms with van der Waals surface area (Å²) in [5, 5.41) is 5.87. The molecule has 4 rings (SSSR count). The van der Waals surface area contributed by atoms with E-state index in [0.29, 0.717) is 23.7 Å². The standard InChI is InChI=1S/C25H32N2O3.C9H14N2O.C2H6/c1-5-27(23-10-12-30-13-11-23)24-15-21(14-22(16-28)18(24)4)19-6-8-20(9-7-19)25(29)26-17(2)3;1-6-4-7(2)11-9(12)8(6)5-10-3;1-2/h6-9,14-17,23H,5,10-13H2,1-4H3,(H,26,29);4,10H,5H2,1-3H3,(H,11,12);1-2H3. The third-order valence-electron chi connectivity index (χ3n) is 7.58. The van der Waals surface area contributed by atoms with Gasteiger partial charge in [0.1, 0.15) is 6.29 Å². The number of benzene rings is 2. The van der Waals surface area contributed by atoms with Crippen molar-refractivity contribution in [2.45, 2.75) is 86.9 Å². The van der Waals surface area contributed by atoms with E-state index in [1.165, 1.54) is 0 Å². The van der Waals surface area contributed by atoms with Crippen molar-refractivity contribution in [1.82, 2.24) is 15.6 Å². The maximum absolute atomic E-state index is 12.2. The van der Waals surface area contributed by atoms with Crippen LogP contribution in [0.5, 0.6) is 0 Å². The van der Waals surface area contributed by atoms with Crippen LogP contribution in [-0.2, 0) is 11.3 Å². The number of aromatic amines is 1. The van der Waals surface area contributed by atoms with Crippen LogP contribution in [-0.4, -0.2) is 56.1 Å². The summed E-state index contributed by atoms with van der Waals surface area (Å²) in [6.07, 6.45) is 2.92. The fourth-order valence-corrected chi connectivity index (χ4v) is 5.37. The first-order valence-electron chi connectivity index (χ1n) is 15.8. The number of anilines is 1. The van der Waals surface area contributed by atoms with E-state index in [1.807, 2.05) is 91.9 Å². The summed E-state index contributed by atoms with van der Waals surface area (Å²) in [5.74, 6) is -0.0774. The van der Waals surface area contributed by atoms with Gasteiger partial charge in [0.25, 0.3) is 11.5 Å². The predicted molar refractivity (Wildman–Crippen MR) is 182 cm³/mol. The predicted octanol–water partition coefficient (Wildman–Crippen LogP) is 6.36. The number of carbonyl (C=O) groups excluding carboxylic acids is 2. The second-order valence-electron chi connectivity index (χ2n) is 11.1. The van der Waals surface area contributed by atoms with Crippen molar-refractivity contribution in [3.8, 4) is 11.1 Å². The largest absolute Gasteiger partial charge is 0.381 e. The smallest absolute Gasteiger partial charge is 0.252 e. The molecular weight excluding hydrogens is 552 g/mol. The van der Waals surface area contributed by atoms with Gasteiger partial charge in [-0.25, -0.2) is 0 Å². The van der Waals surface area contributed by atoms with Gasteiger partial charge in [-0.3, -0.25) is 14.4 Å². The first-order valence-corrected chi connectivity index (χ1v) is 15.8. The van der Waals surface area contributed by atoms with Crippen molar-refractivity contribution < 1.29 is 14.3 Å². The molecule has 8 heteroatoms. The van der Waals surface area contributed by atoms with Crippen LogP contribution in [0.1, 0.15) is 90.6 Å².